The molecule has 0 aliphatic carbocycles. The first-order valence-corrected chi connectivity index (χ1v) is 5.29. The average molecular weight is 271 g/mol. The van der Waals surface area contributed by atoms with Gasteiger partial charge in [-0.1, -0.05) is 13.3 Å². The van der Waals surface area contributed by atoms with Gasteiger partial charge in [0.1, 0.15) is 18.8 Å². The number of hydrogen-bond donors (Lipinski definition) is 2. The van der Waals surface area contributed by atoms with E-state index in [1.807, 2.05) is 0 Å². The van der Waals surface area contributed by atoms with E-state index in [2.05, 4.69) is 10.1 Å². The van der Waals surface area contributed by atoms with Crippen molar-refractivity contribution in [1.82, 2.24) is 5.32 Å². The minimum absolute atomic E-state index is 0.174. The molecule has 0 saturated carbocycles. The van der Waals surface area contributed by atoms with Crippen LogP contribution in [0.25, 0.3) is 0 Å². The predicted molar refractivity (Wildman–Crippen MR) is 56.0 cm³/mol. The molecule has 0 aromatic heterocycles. The Bertz CT molecular complexity index is 306. The summed E-state index contributed by atoms with van der Waals surface area (Å²) in [5.74, 6) is -2.13. The topological polar surface area (TPSA) is 75.6 Å². The Morgan fingerprint density at radius 2 is 1.89 bits per heavy atom. The highest BCUT2D eigenvalue weighted by atomic mass is 19.4. The maximum atomic E-state index is 11.7. The molecule has 8 heteroatoms. The lowest BCUT2D eigenvalue weighted by atomic mass is 9.96. The van der Waals surface area contributed by atoms with Crippen LogP contribution in [0.3, 0.4) is 0 Å². The number of amides is 1. The molecule has 106 valence electrons. The molecule has 0 aromatic carbocycles. The van der Waals surface area contributed by atoms with Crippen LogP contribution in [-0.2, 0) is 14.3 Å². The van der Waals surface area contributed by atoms with Crippen LogP contribution in [0.15, 0.2) is 0 Å². The fraction of sp³-hybridized carbons (Fsp3) is 0.800. The van der Waals surface area contributed by atoms with E-state index in [1.54, 1.807) is 6.92 Å². The summed E-state index contributed by atoms with van der Waals surface area (Å²) in [6.45, 7) is 0.651. The maximum Gasteiger partial charge on any atom is 0.411 e. The second kappa shape index (κ2) is 6.58. The number of nitrogens with one attached hydrogen (secondary N) is 1. The Morgan fingerprint density at radius 1 is 1.33 bits per heavy atom. The van der Waals surface area contributed by atoms with Gasteiger partial charge >= 0.3 is 12.1 Å². The second-order valence-electron chi connectivity index (χ2n) is 4.04. The highest BCUT2D eigenvalue weighted by Crippen LogP contribution is 2.15. The van der Waals surface area contributed by atoms with Crippen molar-refractivity contribution >= 4 is 11.9 Å². The first kappa shape index (κ1) is 16.7. The average Bonchev–Trinajstić information content (AvgIpc) is 2.15. The Morgan fingerprint density at radius 3 is 2.28 bits per heavy atom. The number of alkyl halides is 3. The summed E-state index contributed by atoms with van der Waals surface area (Å²) in [5, 5.41) is 11.1. The fourth-order valence-electron chi connectivity index (χ4n) is 1.33. The zero-order valence-electron chi connectivity index (χ0n) is 10.1. The van der Waals surface area contributed by atoms with E-state index in [0.29, 0.717) is 6.42 Å². The number of aliphatic carboxylic acids is 1. The minimum Gasteiger partial charge on any atom is -0.480 e. The monoisotopic (exact) mass is 271 g/mol. The van der Waals surface area contributed by atoms with E-state index in [9.17, 15) is 22.8 Å². The number of carboxylic acids is 1. The van der Waals surface area contributed by atoms with Crippen molar-refractivity contribution in [2.45, 2.75) is 38.4 Å². The number of carboxylic acid groups (broad SMARTS) is 1. The lowest BCUT2D eigenvalue weighted by Gasteiger charge is -2.25. The molecule has 0 aliphatic heterocycles. The van der Waals surface area contributed by atoms with Crippen LogP contribution in [0.4, 0.5) is 13.2 Å². The van der Waals surface area contributed by atoms with Crippen LogP contribution in [-0.4, -0.2) is 41.9 Å². The molecule has 0 aliphatic rings. The number of hydrogen-bond acceptors (Lipinski definition) is 3. The summed E-state index contributed by atoms with van der Waals surface area (Å²) in [5.41, 5.74) is -1.49. The van der Waals surface area contributed by atoms with E-state index in [-0.39, 0.29) is 6.42 Å². The van der Waals surface area contributed by atoms with Crippen molar-refractivity contribution < 1.29 is 32.6 Å². The summed E-state index contributed by atoms with van der Waals surface area (Å²) >= 11 is 0. The first-order valence-electron chi connectivity index (χ1n) is 5.29. The smallest absolute Gasteiger partial charge is 0.411 e. The van der Waals surface area contributed by atoms with Crippen LogP contribution in [0.5, 0.6) is 0 Å². The van der Waals surface area contributed by atoms with Gasteiger partial charge in [-0.2, -0.15) is 13.2 Å². The van der Waals surface area contributed by atoms with Gasteiger partial charge < -0.3 is 15.2 Å². The molecule has 0 fully saturated rings. The zero-order valence-corrected chi connectivity index (χ0v) is 10.1. The molecule has 5 nitrogen and oxygen atoms in total. The fourth-order valence-corrected chi connectivity index (χ4v) is 1.33. The number of rotatable bonds is 7. The van der Waals surface area contributed by atoms with Crippen LogP contribution in [0, 0.1) is 0 Å². The third-order valence-corrected chi connectivity index (χ3v) is 2.14. The molecule has 0 spiro atoms. The summed E-state index contributed by atoms with van der Waals surface area (Å²) in [4.78, 5) is 22.2. The molecule has 0 heterocycles. The molecule has 0 saturated heterocycles. The van der Waals surface area contributed by atoms with Crippen molar-refractivity contribution in [2.24, 2.45) is 0 Å². The van der Waals surface area contributed by atoms with Crippen LogP contribution in [0.1, 0.15) is 26.7 Å². The van der Waals surface area contributed by atoms with E-state index in [0.717, 1.165) is 0 Å². The van der Waals surface area contributed by atoms with Crippen LogP contribution >= 0.6 is 0 Å². The lowest BCUT2D eigenvalue weighted by Crippen LogP contribution is -2.53. The molecule has 0 rings (SSSR count). The molecule has 2 N–H and O–H groups in total. The Labute approximate surface area is 102 Å². The van der Waals surface area contributed by atoms with Crippen LogP contribution < -0.4 is 5.32 Å². The Kier molecular flexibility index (Phi) is 6.10. The third-order valence-electron chi connectivity index (χ3n) is 2.14. The number of ether oxygens (including phenoxy) is 1. The van der Waals surface area contributed by atoms with Crippen molar-refractivity contribution in [2.75, 3.05) is 13.2 Å². The SMILES string of the molecule is CCCC(C)(NC(=O)COCC(F)(F)F)C(=O)O. The van der Waals surface area contributed by atoms with Gasteiger partial charge in [0.25, 0.3) is 0 Å². The highest BCUT2D eigenvalue weighted by molar-refractivity contribution is 5.87. The minimum atomic E-state index is -4.51. The van der Waals surface area contributed by atoms with Gasteiger partial charge in [0.05, 0.1) is 0 Å². The third kappa shape index (κ3) is 6.43. The van der Waals surface area contributed by atoms with Gasteiger partial charge in [-0.05, 0) is 13.3 Å². The summed E-state index contributed by atoms with van der Waals surface area (Å²) < 4.78 is 39.4. The molecule has 1 unspecified atom stereocenters. The van der Waals surface area contributed by atoms with Crippen molar-refractivity contribution in [3.8, 4) is 0 Å². The molecular formula is C10H16F3NO4. The van der Waals surface area contributed by atoms with Crippen molar-refractivity contribution in [1.29, 1.82) is 0 Å². The van der Waals surface area contributed by atoms with Crippen molar-refractivity contribution in [3.63, 3.8) is 0 Å². The first-order chi connectivity index (χ1) is 8.10. The van der Waals surface area contributed by atoms with Gasteiger partial charge in [-0.3, -0.25) is 4.79 Å². The number of carbonyl (C=O) groups is 2. The standard InChI is InChI=1S/C10H16F3NO4/c1-3-4-9(2,8(16)17)14-7(15)5-18-6-10(11,12)13/h3-6H2,1-2H3,(H,14,15)(H,16,17). The van der Waals surface area contributed by atoms with Crippen molar-refractivity contribution in [3.05, 3.63) is 0 Å². The largest absolute Gasteiger partial charge is 0.480 e. The molecule has 0 aromatic rings. The van der Waals surface area contributed by atoms with Gasteiger partial charge in [-0.15, -0.1) is 0 Å². The molecule has 0 radical (unpaired) electrons. The molecule has 0 bridgehead atoms. The second-order valence-corrected chi connectivity index (χ2v) is 4.04. The van der Waals surface area contributed by atoms with Gasteiger partial charge in [0, 0.05) is 0 Å². The van der Waals surface area contributed by atoms with Gasteiger partial charge in [-0.25, -0.2) is 4.79 Å². The number of halogens is 3. The Hall–Kier alpha value is -1.31. The van der Waals surface area contributed by atoms with E-state index >= 15 is 0 Å². The predicted octanol–water partition coefficient (Wildman–Crippen LogP) is 1.32. The number of carbonyl (C=O) groups excluding carboxylic acids is 1. The quantitative estimate of drug-likeness (QED) is 0.732. The zero-order chi connectivity index (χ0) is 14.4. The molecule has 18 heavy (non-hydrogen) atoms. The van der Waals surface area contributed by atoms with Gasteiger partial charge in [0.2, 0.25) is 5.91 Å². The molecular weight excluding hydrogens is 255 g/mol. The molecule has 1 amide bonds. The Balaban J connectivity index is 4.24. The maximum absolute atomic E-state index is 11.7. The normalized spacial score (nSPS) is 14.9. The summed E-state index contributed by atoms with van der Waals surface area (Å²) in [6.07, 6.45) is -3.83. The summed E-state index contributed by atoms with van der Waals surface area (Å²) in [7, 11) is 0. The molecule has 1 atom stereocenters. The van der Waals surface area contributed by atoms with E-state index in [4.69, 9.17) is 5.11 Å². The van der Waals surface area contributed by atoms with Gasteiger partial charge in [0.15, 0.2) is 0 Å². The van der Waals surface area contributed by atoms with E-state index < -0.39 is 36.8 Å². The lowest BCUT2D eigenvalue weighted by molar-refractivity contribution is -0.176. The summed E-state index contributed by atoms with van der Waals surface area (Å²) in [6, 6.07) is 0. The van der Waals surface area contributed by atoms with E-state index in [1.165, 1.54) is 6.92 Å². The highest BCUT2D eigenvalue weighted by Gasteiger charge is 2.34. The van der Waals surface area contributed by atoms with Crippen LogP contribution in [0.2, 0.25) is 0 Å².